The van der Waals surface area contributed by atoms with E-state index in [4.69, 9.17) is 5.73 Å². The largest absolute Gasteiger partial charge is 0.366 e. The number of carbonyl (C=O) groups excluding carboxylic acids is 1. The van der Waals surface area contributed by atoms with Crippen LogP contribution >= 0.6 is 0 Å². The van der Waals surface area contributed by atoms with E-state index in [9.17, 15) is 4.79 Å². The predicted molar refractivity (Wildman–Crippen MR) is 51.6 cm³/mol. The zero-order valence-electron chi connectivity index (χ0n) is 8.21. The van der Waals surface area contributed by atoms with Gasteiger partial charge in [0.15, 0.2) is 0 Å². The minimum absolute atomic E-state index is 0.356. The molecule has 0 aliphatic rings. The van der Waals surface area contributed by atoms with Crippen molar-refractivity contribution in [2.24, 2.45) is 17.6 Å². The molecule has 0 aromatic heterocycles. The molecule has 0 saturated heterocycles. The third-order valence-corrected chi connectivity index (χ3v) is 2.06. The molecule has 0 rings (SSSR count). The van der Waals surface area contributed by atoms with Crippen LogP contribution in [0.25, 0.3) is 0 Å². The SMILES string of the molecule is CC[C@H](C)C[C@H](C)/C=C/C(N)=O. The van der Waals surface area contributed by atoms with Crippen molar-refractivity contribution in [1.29, 1.82) is 0 Å². The number of carbonyl (C=O) groups is 1. The van der Waals surface area contributed by atoms with Crippen LogP contribution in [-0.4, -0.2) is 5.91 Å². The molecule has 2 atom stereocenters. The Labute approximate surface area is 74.8 Å². The fourth-order valence-electron chi connectivity index (χ4n) is 1.14. The topological polar surface area (TPSA) is 43.1 Å². The van der Waals surface area contributed by atoms with Gasteiger partial charge >= 0.3 is 0 Å². The summed E-state index contributed by atoms with van der Waals surface area (Å²) in [6.07, 6.45) is 5.65. The van der Waals surface area contributed by atoms with Crippen LogP contribution in [0, 0.1) is 11.8 Å². The molecular weight excluding hydrogens is 150 g/mol. The van der Waals surface area contributed by atoms with Gasteiger partial charge in [0.2, 0.25) is 5.91 Å². The van der Waals surface area contributed by atoms with Crippen molar-refractivity contribution in [3.63, 3.8) is 0 Å². The van der Waals surface area contributed by atoms with Gasteiger partial charge in [-0.1, -0.05) is 33.3 Å². The number of primary amides is 1. The highest BCUT2D eigenvalue weighted by Gasteiger charge is 2.03. The van der Waals surface area contributed by atoms with Crippen molar-refractivity contribution in [2.75, 3.05) is 0 Å². The minimum Gasteiger partial charge on any atom is -0.366 e. The Bertz CT molecular complexity index is 163. The highest BCUT2D eigenvalue weighted by molar-refractivity contribution is 5.85. The molecule has 0 aliphatic heterocycles. The van der Waals surface area contributed by atoms with Gasteiger partial charge in [-0.3, -0.25) is 4.79 Å². The Hall–Kier alpha value is -0.790. The summed E-state index contributed by atoms with van der Waals surface area (Å²) in [7, 11) is 0. The molecule has 1 amide bonds. The van der Waals surface area contributed by atoms with Crippen LogP contribution in [0.4, 0.5) is 0 Å². The van der Waals surface area contributed by atoms with E-state index in [-0.39, 0.29) is 5.91 Å². The lowest BCUT2D eigenvalue weighted by atomic mass is 9.95. The van der Waals surface area contributed by atoms with Gasteiger partial charge < -0.3 is 5.73 Å². The van der Waals surface area contributed by atoms with Crippen LogP contribution in [0.1, 0.15) is 33.6 Å². The Morgan fingerprint density at radius 3 is 2.50 bits per heavy atom. The highest BCUT2D eigenvalue weighted by atomic mass is 16.1. The van der Waals surface area contributed by atoms with Crippen molar-refractivity contribution in [2.45, 2.75) is 33.6 Å². The summed E-state index contributed by atoms with van der Waals surface area (Å²) in [6, 6.07) is 0. The Kier molecular flexibility index (Phi) is 5.43. The molecule has 2 nitrogen and oxygen atoms in total. The van der Waals surface area contributed by atoms with Crippen LogP contribution in [0.2, 0.25) is 0 Å². The summed E-state index contributed by atoms with van der Waals surface area (Å²) in [6.45, 7) is 6.50. The minimum atomic E-state index is -0.356. The Morgan fingerprint density at radius 2 is 2.08 bits per heavy atom. The van der Waals surface area contributed by atoms with Crippen molar-refractivity contribution < 1.29 is 4.79 Å². The summed E-state index contributed by atoms with van der Waals surface area (Å²) >= 11 is 0. The molecule has 0 bridgehead atoms. The fourth-order valence-corrected chi connectivity index (χ4v) is 1.14. The summed E-state index contributed by atoms with van der Waals surface area (Å²) in [4.78, 5) is 10.4. The molecule has 0 heterocycles. The molecule has 12 heavy (non-hydrogen) atoms. The average molecular weight is 169 g/mol. The first kappa shape index (κ1) is 11.2. The summed E-state index contributed by atoms with van der Waals surface area (Å²) in [5, 5.41) is 0. The summed E-state index contributed by atoms with van der Waals surface area (Å²) in [5.74, 6) is 0.816. The number of amides is 1. The lowest BCUT2D eigenvalue weighted by Crippen LogP contribution is -2.07. The first-order valence-corrected chi connectivity index (χ1v) is 4.53. The standard InChI is InChI=1S/C10H19NO/c1-4-8(2)7-9(3)5-6-10(11)12/h5-6,8-9H,4,7H2,1-3H3,(H2,11,12)/b6-5+/t8-,9+/m0/s1. The van der Waals surface area contributed by atoms with Gasteiger partial charge in [0, 0.05) is 0 Å². The van der Waals surface area contributed by atoms with Crippen LogP contribution in [0.5, 0.6) is 0 Å². The molecule has 0 unspecified atom stereocenters. The van der Waals surface area contributed by atoms with Gasteiger partial charge in [-0.2, -0.15) is 0 Å². The molecule has 0 radical (unpaired) electrons. The van der Waals surface area contributed by atoms with E-state index in [0.29, 0.717) is 5.92 Å². The third-order valence-electron chi connectivity index (χ3n) is 2.06. The lowest BCUT2D eigenvalue weighted by molar-refractivity contribution is -0.113. The summed E-state index contributed by atoms with van der Waals surface area (Å²) in [5.41, 5.74) is 4.98. The fraction of sp³-hybridized carbons (Fsp3) is 0.700. The van der Waals surface area contributed by atoms with Crippen LogP contribution in [-0.2, 0) is 4.79 Å². The molecule has 0 aliphatic carbocycles. The smallest absolute Gasteiger partial charge is 0.241 e. The maximum absolute atomic E-state index is 10.4. The van der Waals surface area contributed by atoms with Crippen molar-refractivity contribution >= 4 is 5.91 Å². The van der Waals surface area contributed by atoms with E-state index in [1.165, 1.54) is 12.5 Å². The van der Waals surface area contributed by atoms with Gasteiger partial charge in [-0.25, -0.2) is 0 Å². The number of hydrogen-bond acceptors (Lipinski definition) is 1. The zero-order valence-corrected chi connectivity index (χ0v) is 8.21. The zero-order chi connectivity index (χ0) is 9.56. The molecule has 2 heteroatoms. The highest BCUT2D eigenvalue weighted by Crippen LogP contribution is 2.15. The van der Waals surface area contributed by atoms with Crippen LogP contribution < -0.4 is 5.73 Å². The Balaban J connectivity index is 3.72. The number of hydrogen-bond donors (Lipinski definition) is 1. The van der Waals surface area contributed by atoms with Crippen LogP contribution in [0.3, 0.4) is 0 Å². The van der Waals surface area contributed by atoms with E-state index in [0.717, 1.165) is 12.3 Å². The molecule has 0 saturated carbocycles. The Morgan fingerprint density at radius 1 is 1.50 bits per heavy atom. The third kappa shape index (κ3) is 5.96. The maximum Gasteiger partial charge on any atom is 0.241 e. The molecular formula is C10H19NO. The molecule has 2 N–H and O–H groups in total. The van der Waals surface area contributed by atoms with E-state index in [2.05, 4.69) is 20.8 Å². The van der Waals surface area contributed by atoms with E-state index < -0.39 is 0 Å². The molecule has 70 valence electrons. The molecule has 0 spiro atoms. The second kappa shape index (κ2) is 5.81. The normalized spacial score (nSPS) is 16.2. The average Bonchev–Trinajstić information content (AvgIpc) is 2.00. The van der Waals surface area contributed by atoms with Crippen LogP contribution in [0.15, 0.2) is 12.2 Å². The number of rotatable bonds is 5. The van der Waals surface area contributed by atoms with Crippen molar-refractivity contribution in [1.82, 2.24) is 0 Å². The lowest BCUT2D eigenvalue weighted by Gasteiger charge is -2.11. The molecule has 0 aromatic carbocycles. The monoisotopic (exact) mass is 169 g/mol. The second-order valence-corrected chi connectivity index (χ2v) is 3.49. The van der Waals surface area contributed by atoms with Gasteiger partial charge in [-0.15, -0.1) is 0 Å². The second-order valence-electron chi connectivity index (χ2n) is 3.49. The van der Waals surface area contributed by atoms with E-state index in [1.807, 2.05) is 6.08 Å². The van der Waals surface area contributed by atoms with Gasteiger partial charge in [-0.05, 0) is 24.3 Å². The first-order valence-electron chi connectivity index (χ1n) is 4.53. The van der Waals surface area contributed by atoms with Gasteiger partial charge in [0.25, 0.3) is 0 Å². The van der Waals surface area contributed by atoms with E-state index >= 15 is 0 Å². The number of nitrogens with two attached hydrogens (primary N) is 1. The molecule has 0 fully saturated rings. The van der Waals surface area contributed by atoms with Gasteiger partial charge in [0.1, 0.15) is 0 Å². The predicted octanol–water partition coefficient (Wildman–Crippen LogP) is 2.10. The van der Waals surface area contributed by atoms with Crippen molar-refractivity contribution in [3.05, 3.63) is 12.2 Å². The quantitative estimate of drug-likeness (QED) is 0.629. The molecule has 0 aromatic rings. The first-order chi connectivity index (χ1) is 5.56. The van der Waals surface area contributed by atoms with E-state index in [1.54, 1.807) is 0 Å². The van der Waals surface area contributed by atoms with Gasteiger partial charge in [0.05, 0.1) is 0 Å². The maximum atomic E-state index is 10.4. The summed E-state index contributed by atoms with van der Waals surface area (Å²) < 4.78 is 0. The van der Waals surface area contributed by atoms with Crippen molar-refractivity contribution in [3.8, 4) is 0 Å². The number of allylic oxidation sites excluding steroid dienone is 1.